The molecular weight excluding hydrogens is 340 g/mol. The summed E-state index contributed by atoms with van der Waals surface area (Å²) in [6, 6.07) is 12.5. The van der Waals surface area contributed by atoms with E-state index in [1.807, 2.05) is 59.7 Å². The zero-order chi connectivity index (χ0) is 20.2. The number of amides is 2. The number of benzene rings is 2. The molecule has 0 saturated carbocycles. The van der Waals surface area contributed by atoms with Gasteiger partial charge in [-0.15, -0.1) is 0 Å². The first kappa shape index (κ1) is 20.5. The molecule has 2 rings (SSSR count). The van der Waals surface area contributed by atoms with Gasteiger partial charge in [-0.05, 0) is 77.9 Å². The molecule has 2 aromatic carbocycles. The molecule has 1 N–H and O–H groups in total. The molecule has 0 radical (unpaired) electrons. The first-order valence-electron chi connectivity index (χ1n) is 9.08. The molecule has 2 amide bonds. The molecule has 0 atom stereocenters. The molecule has 0 heterocycles. The Morgan fingerprint density at radius 3 is 2.00 bits per heavy atom. The van der Waals surface area contributed by atoms with Gasteiger partial charge in [-0.3, -0.25) is 15.0 Å². The molecule has 2 aromatic rings. The van der Waals surface area contributed by atoms with Gasteiger partial charge < -0.3 is 4.74 Å². The Morgan fingerprint density at radius 1 is 0.963 bits per heavy atom. The molecule has 27 heavy (non-hydrogen) atoms. The van der Waals surface area contributed by atoms with Gasteiger partial charge in [0, 0.05) is 11.1 Å². The third kappa shape index (κ3) is 5.33. The molecule has 5 heteroatoms. The number of rotatable bonds is 4. The molecule has 0 aliphatic carbocycles. The zero-order valence-corrected chi connectivity index (χ0v) is 16.9. The van der Waals surface area contributed by atoms with Gasteiger partial charge in [0.05, 0.1) is 12.1 Å². The van der Waals surface area contributed by atoms with Gasteiger partial charge in [-0.1, -0.05) is 17.2 Å². The van der Waals surface area contributed by atoms with E-state index < -0.39 is 5.54 Å². The van der Waals surface area contributed by atoms with Crippen LogP contribution in [0.2, 0.25) is 0 Å². The van der Waals surface area contributed by atoms with Crippen molar-refractivity contribution in [3.8, 4) is 5.75 Å². The summed E-state index contributed by atoms with van der Waals surface area (Å²) in [6.45, 7) is 12.0. The molecule has 0 aliphatic rings. The highest BCUT2D eigenvalue weighted by Gasteiger charge is 2.29. The number of nitrogens with zero attached hydrogens (tertiary/aromatic N) is 1. The maximum absolute atomic E-state index is 13.1. The van der Waals surface area contributed by atoms with E-state index in [0.29, 0.717) is 23.5 Å². The third-order valence-electron chi connectivity index (χ3n) is 3.98. The van der Waals surface area contributed by atoms with E-state index in [4.69, 9.17) is 4.74 Å². The van der Waals surface area contributed by atoms with Gasteiger partial charge in [0.1, 0.15) is 5.75 Å². The Balaban J connectivity index is 2.26. The lowest BCUT2D eigenvalue weighted by atomic mass is 10.0. The van der Waals surface area contributed by atoms with Crippen molar-refractivity contribution in [1.29, 1.82) is 0 Å². The standard InChI is InChI=1S/C22H28N2O3/c1-7-27-19-10-8-17(9-11-19)20(25)23-24(22(4,5)6)21(26)18-13-15(2)12-16(3)14-18/h8-14H,7H2,1-6H3,(H,23,25). The average molecular weight is 368 g/mol. The van der Waals surface area contributed by atoms with Crippen molar-refractivity contribution >= 4 is 11.8 Å². The van der Waals surface area contributed by atoms with Crippen LogP contribution in [-0.2, 0) is 0 Å². The van der Waals surface area contributed by atoms with Crippen molar-refractivity contribution in [2.75, 3.05) is 6.61 Å². The van der Waals surface area contributed by atoms with Crippen LogP contribution in [-0.4, -0.2) is 29.0 Å². The minimum absolute atomic E-state index is 0.242. The quantitative estimate of drug-likeness (QED) is 0.819. The summed E-state index contributed by atoms with van der Waals surface area (Å²) in [5.41, 5.74) is 5.20. The molecule has 0 fully saturated rings. The molecule has 0 aliphatic heterocycles. The first-order chi connectivity index (χ1) is 12.6. The van der Waals surface area contributed by atoms with Gasteiger partial charge >= 0.3 is 0 Å². The Labute approximate surface area is 161 Å². The fraction of sp³-hybridized carbons (Fsp3) is 0.364. The minimum atomic E-state index is -0.588. The largest absolute Gasteiger partial charge is 0.494 e. The van der Waals surface area contributed by atoms with Gasteiger partial charge in [0.25, 0.3) is 11.8 Å². The topological polar surface area (TPSA) is 58.6 Å². The van der Waals surface area contributed by atoms with Crippen LogP contribution in [0.5, 0.6) is 5.75 Å². The van der Waals surface area contributed by atoms with Gasteiger partial charge in [-0.25, -0.2) is 5.01 Å². The molecule has 0 bridgehead atoms. The summed E-state index contributed by atoms with van der Waals surface area (Å²) >= 11 is 0. The minimum Gasteiger partial charge on any atom is -0.494 e. The van der Waals surface area contributed by atoms with Crippen LogP contribution >= 0.6 is 0 Å². The SMILES string of the molecule is CCOc1ccc(C(=O)NN(C(=O)c2cc(C)cc(C)c2)C(C)(C)C)cc1. The molecule has 144 valence electrons. The lowest BCUT2D eigenvalue weighted by molar-refractivity contribution is 0.0358. The summed E-state index contributed by atoms with van der Waals surface area (Å²) < 4.78 is 5.40. The van der Waals surface area contributed by atoms with E-state index >= 15 is 0 Å². The maximum atomic E-state index is 13.1. The Hall–Kier alpha value is -2.82. The van der Waals surface area contributed by atoms with Crippen molar-refractivity contribution < 1.29 is 14.3 Å². The highest BCUT2D eigenvalue weighted by atomic mass is 16.5. The molecular formula is C22H28N2O3. The highest BCUT2D eigenvalue weighted by molar-refractivity contribution is 5.99. The summed E-state index contributed by atoms with van der Waals surface area (Å²) in [5.74, 6) is 0.118. The number of hydrogen-bond donors (Lipinski definition) is 1. The first-order valence-corrected chi connectivity index (χ1v) is 9.08. The van der Waals surface area contributed by atoms with Crippen molar-refractivity contribution in [1.82, 2.24) is 10.4 Å². The second-order valence-corrected chi connectivity index (χ2v) is 7.59. The van der Waals surface area contributed by atoms with E-state index in [-0.39, 0.29) is 11.8 Å². The maximum Gasteiger partial charge on any atom is 0.272 e. The molecule has 0 aromatic heterocycles. The number of nitrogens with one attached hydrogen (secondary N) is 1. The van der Waals surface area contributed by atoms with E-state index in [1.165, 1.54) is 5.01 Å². The van der Waals surface area contributed by atoms with Crippen LogP contribution < -0.4 is 10.2 Å². The number of carbonyl (C=O) groups is 2. The summed E-state index contributed by atoms with van der Waals surface area (Å²) in [6.07, 6.45) is 0. The lowest BCUT2D eigenvalue weighted by Crippen LogP contribution is -2.55. The normalized spacial score (nSPS) is 11.0. The predicted molar refractivity (Wildman–Crippen MR) is 107 cm³/mol. The molecule has 0 unspecified atom stereocenters. The van der Waals surface area contributed by atoms with Crippen molar-refractivity contribution in [3.05, 3.63) is 64.7 Å². The Morgan fingerprint density at radius 2 is 1.52 bits per heavy atom. The van der Waals surface area contributed by atoms with Crippen molar-refractivity contribution in [2.45, 2.75) is 47.1 Å². The Bertz CT molecular complexity index is 800. The van der Waals surface area contributed by atoms with E-state index in [2.05, 4.69) is 5.43 Å². The fourth-order valence-electron chi connectivity index (χ4n) is 2.79. The fourth-order valence-corrected chi connectivity index (χ4v) is 2.79. The van der Waals surface area contributed by atoms with Crippen molar-refractivity contribution in [2.24, 2.45) is 0 Å². The summed E-state index contributed by atoms with van der Waals surface area (Å²) in [4.78, 5) is 25.8. The van der Waals surface area contributed by atoms with Crippen LogP contribution in [0.3, 0.4) is 0 Å². The summed E-state index contributed by atoms with van der Waals surface area (Å²) in [7, 11) is 0. The van der Waals surface area contributed by atoms with Crippen LogP contribution in [0.4, 0.5) is 0 Å². The number of carbonyl (C=O) groups excluding carboxylic acids is 2. The smallest absolute Gasteiger partial charge is 0.272 e. The van der Waals surface area contributed by atoms with E-state index in [0.717, 1.165) is 11.1 Å². The molecule has 0 saturated heterocycles. The third-order valence-corrected chi connectivity index (χ3v) is 3.98. The number of aryl methyl sites for hydroxylation is 2. The lowest BCUT2D eigenvalue weighted by Gasteiger charge is -2.35. The van der Waals surface area contributed by atoms with E-state index in [1.54, 1.807) is 24.3 Å². The van der Waals surface area contributed by atoms with Gasteiger partial charge in [0.2, 0.25) is 0 Å². The van der Waals surface area contributed by atoms with Gasteiger partial charge in [-0.2, -0.15) is 0 Å². The molecule has 0 spiro atoms. The Kier molecular flexibility index (Phi) is 6.26. The predicted octanol–water partition coefficient (Wildman–Crippen LogP) is 4.29. The van der Waals surface area contributed by atoms with Crippen LogP contribution in [0.15, 0.2) is 42.5 Å². The van der Waals surface area contributed by atoms with E-state index in [9.17, 15) is 9.59 Å². The number of hydrogen-bond acceptors (Lipinski definition) is 3. The van der Waals surface area contributed by atoms with Gasteiger partial charge in [0.15, 0.2) is 0 Å². The van der Waals surface area contributed by atoms with Crippen LogP contribution in [0, 0.1) is 13.8 Å². The highest BCUT2D eigenvalue weighted by Crippen LogP contribution is 2.18. The van der Waals surface area contributed by atoms with Crippen molar-refractivity contribution in [3.63, 3.8) is 0 Å². The second kappa shape index (κ2) is 8.25. The molecule has 5 nitrogen and oxygen atoms in total. The second-order valence-electron chi connectivity index (χ2n) is 7.59. The monoisotopic (exact) mass is 368 g/mol. The van der Waals surface area contributed by atoms with Crippen LogP contribution in [0.1, 0.15) is 59.5 Å². The zero-order valence-electron chi connectivity index (χ0n) is 16.9. The average Bonchev–Trinajstić information content (AvgIpc) is 2.58. The number of hydrazine groups is 1. The number of ether oxygens (including phenoxy) is 1. The summed E-state index contributed by atoms with van der Waals surface area (Å²) in [5, 5.41) is 1.39. The van der Waals surface area contributed by atoms with Crippen LogP contribution in [0.25, 0.3) is 0 Å².